The molecule has 0 fully saturated rings. The monoisotopic (exact) mass is 209 g/mol. The molecule has 1 radical (unpaired) electrons. The van der Waals surface area contributed by atoms with Crippen molar-refractivity contribution in [2.24, 2.45) is 0 Å². The van der Waals surface area contributed by atoms with Crippen LogP contribution in [0.3, 0.4) is 0 Å². The molecule has 0 atom stereocenters. The van der Waals surface area contributed by atoms with Crippen molar-refractivity contribution in [2.45, 2.75) is 39.9 Å². The molecule has 1 rings (SSSR count). The number of ether oxygens (including phenoxy) is 2. The van der Waals surface area contributed by atoms with Crippen LogP contribution in [0.4, 0.5) is 0 Å². The van der Waals surface area contributed by atoms with Crippen molar-refractivity contribution in [3.05, 3.63) is 18.2 Å². The SMILES string of the molecule is CC(C)Oc1ccc([O])c(OC(C)C)c1. The Morgan fingerprint density at radius 3 is 2.13 bits per heavy atom. The Balaban J connectivity index is 2.85. The summed E-state index contributed by atoms with van der Waals surface area (Å²) in [5.41, 5.74) is 0. The molecule has 0 aliphatic rings. The van der Waals surface area contributed by atoms with Gasteiger partial charge in [0.05, 0.1) is 12.2 Å². The van der Waals surface area contributed by atoms with Gasteiger partial charge in [0.15, 0.2) is 5.75 Å². The van der Waals surface area contributed by atoms with Crippen molar-refractivity contribution < 1.29 is 14.6 Å². The summed E-state index contributed by atoms with van der Waals surface area (Å²) in [6.45, 7) is 7.65. The third-order valence-corrected chi connectivity index (χ3v) is 1.65. The summed E-state index contributed by atoms with van der Waals surface area (Å²) in [6.07, 6.45) is 0.0846. The van der Waals surface area contributed by atoms with Gasteiger partial charge in [0.1, 0.15) is 5.75 Å². The van der Waals surface area contributed by atoms with E-state index in [1.54, 1.807) is 12.1 Å². The number of rotatable bonds is 4. The Morgan fingerprint density at radius 2 is 1.60 bits per heavy atom. The molecular formula is C12H17O3. The van der Waals surface area contributed by atoms with Gasteiger partial charge >= 0.3 is 0 Å². The maximum Gasteiger partial charge on any atom is 0.220 e. The van der Waals surface area contributed by atoms with Crippen LogP contribution < -0.4 is 9.47 Å². The lowest BCUT2D eigenvalue weighted by Gasteiger charge is -2.13. The van der Waals surface area contributed by atoms with E-state index in [1.807, 2.05) is 27.7 Å². The van der Waals surface area contributed by atoms with Gasteiger partial charge in [-0.2, -0.15) is 0 Å². The summed E-state index contributed by atoms with van der Waals surface area (Å²) in [5, 5.41) is 11.4. The summed E-state index contributed by atoms with van der Waals surface area (Å²) in [5.74, 6) is 0.906. The first-order chi connectivity index (χ1) is 6.99. The largest absolute Gasteiger partial charge is 0.491 e. The molecule has 0 aliphatic carbocycles. The molecule has 0 amide bonds. The predicted molar refractivity (Wildman–Crippen MR) is 58.1 cm³/mol. The molecule has 0 spiro atoms. The van der Waals surface area contributed by atoms with Crippen LogP contribution in [0.5, 0.6) is 17.2 Å². The van der Waals surface area contributed by atoms with Crippen LogP contribution in [0.15, 0.2) is 18.2 Å². The second-order valence-corrected chi connectivity index (χ2v) is 3.94. The fraction of sp³-hybridized carbons (Fsp3) is 0.500. The van der Waals surface area contributed by atoms with Crippen molar-refractivity contribution in [1.29, 1.82) is 0 Å². The zero-order valence-corrected chi connectivity index (χ0v) is 9.61. The Kier molecular flexibility index (Phi) is 3.83. The van der Waals surface area contributed by atoms with Crippen LogP contribution >= 0.6 is 0 Å². The number of hydrogen-bond donors (Lipinski definition) is 0. The molecule has 1 aromatic carbocycles. The highest BCUT2D eigenvalue weighted by atomic mass is 16.5. The van der Waals surface area contributed by atoms with Crippen LogP contribution in [-0.4, -0.2) is 12.2 Å². The average Bonchev–Trinajstić information content (AvgIpc) is 2.09. The lowest BCUT2D eigenvalue weighted by Crippen LogP contribution is -2.07. The molecular weight excluding hydrogens is 192 g/mol. The highest BCUT2D eigenvalue weighted by Crippen LogP contribution is 2.31. The summed E-state index contributed by atoms with van der Waals surface area (Å²) >= 11 is 0. The van der Waals surface area contributed by atoms with Crippen molar-refractivity contribution in [3.63, 3.8) is 0 Å². The summed E-state index contributed by atoms with van der Waals surface area (Å²) < 4.78 is 10.8. The van der Waals surface area contributed by atoms with Crippen LogP contribution in [0, 0.1) is 0 Å². The van der Waals surface area contributed by atoms with E-state index in [2.05, 4.69) is 0 Å². The Bertz CT molecular complexity index is 319. The van der Waals surface area contributed by atoms with Gasteiger partial charge in [-0.3, -0.25) is 5.11 Å². The van der Waals surface area contributed by atoms with Crippen LogP contribution in [-0.2, 0) is 5.11 Å². The third-order valence-electron chi connectivity index (χ3n) is 1.65. The predicted octanol–water partition coefficient (Wildman–Crippen LogP) is 3.40. The molecule has 0 aliphatic heterocycles. The smallest absolute Gasteiger partial charge is 0.220 e. The molecule has 0 saturated carbocycles. The Labute approximate surface area is 90.6 Å². The molecule has 1 aromatic rings. The molecule has 0 saturated heterocycles. The standard InChI is InChI=1S/C12H17O3/c1-8(2)14-10-5-6-11(13)12(7-10)15-9(3)4/h5-9H,1-4H3. The highest BCUT2D eigenvalue weighted by molar-refractivity contribution is 5.44. The molecule has 15 heavy (non-hydrogen) atoms. The van der Waals surface area contributed by atoms with E-state index in [1.165, 1.54) is 6.07 Å². The second kappa shape index (κ2) is 4.91. The maximum absolute atomic E-state index is 11.4. The second-order valence-electron chi connectivity index (χ2n) is 3.94. The third kappa shape index (κ3) is 3.70. The van der Waals surface area contributed by atoms with E-state index in [-0.39, 0.29) is 18.0 Å². The summed E-state index contributed by atoms with van der Waals surface area (Å²) in [4.78, 5) is 0. The number of benzene rings is 1. The first-order valence-electron chi connectivity index (χ1n) is 5.13. The quantitative estimate of drug-likeness (QED) is 0.762. The van der Waals surface area contributed by atoms with Gasteiger partial charge < -0.3 is 9.47 Å². The van der Waals surface area contributed by atoms with Crippen molar-refractivity contribution in [2.75, 3.05) is 0 Å². The van der Waals surface area contributed by atoms with Crippen molar-refractivity contribution in [1.82, 2.24) is 0 Å². The van der Waals surface area contributed by atoms with E-state index in [9.17, 15) is 5.11 Å². The number of hydrogen-bond acceptors (Lipinski definition) is 2. The minimum Gasteiger partial charge on any atom is -0.491 e. The molecule has 3 heteroatoms. The van der Waals surface area contributed by atoms with Gasteiger partial charge in [-0.05, 0) is 39.8 Å². The molecule has 0 heterocycles. The lowest BCUT2D eigenvalue weighted by atomic mass is 10.3. The zero-order chi connectivity index (χ0) is 11.4. The van der Waals surface area contributed by atoms with E-state index in [4.69, 9.17) is 9.47 Å². The summed E-state index contributed by atoms with van der Waals surface area (Å²) in [7, 11) is 0. The van der Waals surface area contributed by atoms with Gasteiger partial charge in [-0.1, -0.05) is 0 Å². The van der Waals surface area contributed by atoms with Gasteiger partial charge in [0, 0.05) is 6.07 Å². The fourth-order valence-electron chi connectivity index (χ4n) is 1.18. The first kappa shape index (κ1) is 11.7. The molecule has 0 N–H and O–H groups in total. The van der Waals surface area contributed by atoms with E-state index >= 15 is 0 Å². The lowest BCUT2D eigenvalue weighted by molar-refractivity contribution is 0.214. The minimum absolute atomic E-state index is 0.00741. The molecule has 0 unspecified atom stereocenters. The zero-order valence-electron chi connectivity index (χ0n) is 9.61. The minimum atomic E-state index is -0.111. The van der Waals surface area contributed by atoms with Crippen molar-refractivity contribution in [3.8, 4) is 17.2 Å². The first-order valence-corrected chi connectivity index (χ1v) is 5.13. The van der Waals surface area contributed by atoms with Crippen LogP contribution in [0.2, 0.25) is 0 Å². The van der Waals surface area contributed by atoms with E-state index < -0.39 is 0 Å². The van der Waals surface area contributed by atoms with Crippen LogP contribution in [0.25, 0.3) is 0 Å². The summed E-state index contributed by atoms with van der Waals surface area (Å²) in [6, 6.07) is 4.77. The molecule has 3 nitrogen and oxygen atoms in total. The Morgan fingerprint density at radius 1 is 1.00 bits per heavy atom. The van der Waals surface area contributed by atoms with E-state index in [0.29, 0.717) is 11.5 Å². The molecule has 83 valence electrons. The molecule has 0 aromatic heterocycles. The van der Waals surface area contributed by atoms with Gasteiger partial charge in [-0.25, -0.2) is 0 Å². The average molecular weight is 209 g/mol. The topological polar surface area (TPSA) is 38.4 Å². The molecule has 0 bridgehead atoms. The highest BCUT2D eigenvalue weighted by Gasteiger charge is 2.08. The fourth-order valence-corrected chi connectivity index (χ4v) is 1.18. The van der Waals surface area contributed by atoms with Crippen LogP contribution in [0.1, 0.15) is 27.7 Å². The van der Waals surface area contributed by atoms with Gasteiger partial charge in [0.25, 0.3) is 0 Å². The van der Waals surface area contributed by atoms with Gasteiger partial charge in [0.2, 0.25) is 5.75 Å². The van der Waals surface area contributed by atoms with Gasteiger partial charge in [-0.15, -0.1) is 0 Å². The van der Waals surface area contributed by atoms with E-state index in [0.717, 1.165) is 0 Å². The van der Waals surface area contributed by atoms with Crippen molar-refractivity contribution >= 4 is 0 Å². The maximum atomic E-state index is 11.4. The normalized spacial score (nSPS) is 10.8. The Hall–Kier alpha value is -1.38.